The summed E-state index contributed by atoms with van der Waals surface area (Å²) in [6, 6.07) is 5.88. The molecule has 4 N–H and O–H groups in total. The zero-order chi connectivity index (χ0) is 15.8. The first-order chi connectivity index (χ1) is 9.97. The molecule has 1 amide bonds. The van der Waals surface area contributed by atoms with Crippen molar-refractivity contribution in [3.05, 3.63) is 29.3 Å². The van der Waals surface area contributed by atoms with Gasteiger partial charge in [0.2, 0.25) is 5.91 Å². The summed E-state index contributed by atoms with van der Waals surface area (Å²) in [4.78, 5) is 13.2. The summed E-state index contributed by atoms with van der Waals surface area (Å²) in [6.45, 7) is 5.13. The second kappa shape index (κ2) is 8.30. The van der Waals surface area contributed by atoms with Gasteiger partial charge in [0.15, 0.2) is 0 Å². The molecule has 0 radical (unpaired) electrons. The Morgan fingerprint density at radius 3 is 2.67 bits per heavy atom. The van der Waals surface area contributed by atoms with Gasteiger partial charge in [-0.25, -0.2) is 0 Å². The van der Waals surface area contributed by atoms with Crippen molar-refractivity contribution in [1.82, 2.24) is 4.90 Å². The first-order valence-electron chi connectivity index (χ1n) is 6.86. The van der Waals surface area contributed by atoms with E-state index in [0.717, 1.165) is 16.9 Å². The van der Waals surface area contributed by atoms with Crippen molar-refractivity contribution < 1.29 is 9.53 Å². The number of ether oxygens (including phenoxy) is 1. The molecule has 0 atom stereocenters. The Balaban J connectivity index is 3.09. The summed E-state index contributed by atoms with van der Waals surface area (Å²) in [5.41, 5.74) is 12.6. The number of nitrogens with zero attached hydrogens (tertiary/aromatic N) is 1. The van der Waals surface area contributed by atoms with Crippen molar-refractivity contribution in [1.29, 1.82) is 0 Å². The average molecular weight is 289 g/mol. The van der Waals surface area contributed by atoms with Crippen molar-refractivity contribution >= 4 is 5.91 Å². The van der Waals surface area contributed by atoms with Crippen molar-refractivity contribution in [2.75, 3.05) is 20.2 Å². The topological polar surface area (TPSA) is 81.6 Å². The van der Waals surface area contributed by atoms with Gasteiger partial charge in [0, 0.05) is 18.2 Å². The normalized spacial score (nSPS) is 10.4. The minimum atomic E-state index is -0.346. The van der Waals surface area contributed by atoms with Gasteiger partial charge in [-0.2, -0.15) is 0 Å². The molecule has 0 saturated heterocycles. The van der Waals surface area contributed by atoms with Crippen molar-refractivity contribution in [2.45, 2.75) is 26.4 Å². The highest BCUT2D eigenvalue weighted by Gasteiger charge is 2.15. The van der Waals surface area contributed by atoms with Crippen LogP contribution in [0.5, 0.6) is 5.75 Å². The quantitative estimate of drug-likeness (QED) is 0.755. The fraction of sp³-hybridized carbons (Fsp3) is 0.438. The number of carbonyl (C=O) groups excluding carboxylic acids is 1. The molecule has 0 aliphatic carbocycles. The summed E-state index contributed by atoms with van der Waals surface area (Å²) in [7, 11) is 1.62. The smallest absolute Gasteiger partial charge is 0.231 e. The van der Waals surface area contributed by atoms with Gasteiger partial charge in [-0.1, -0.05) is 11.8 Å². The van der Waals surface area contributed by atoms with Crippen molar-refractivity contribution in [3.63, 3.8) is 0 Å². The maximum absolute atomic E-state index is 11.2. The van der Waals surface area contributed by atoms with Gasteiger partial charge in [0.1, 0.15) is 5.75 Å². The van der Waals surface area contributed by atoms with E-state index >= 15 is 0 Å². The molecule has 0 aliphatic rings. The average Bonchev–Trinajstić information content (AvgIpc) is 2.44. The molecule has 1 aromatic carbocycles. The monoisotopic (exact) mass is 289 g/mol. The zero-order valence-electron chi connectivity index (χ0n) is 12.8. The molecule has 0 spiro atoms. The fourth-order valence-corrected chi connectivity index (χ4v) is 1.94. The van der Waals surface area contributed by atoms with Crippen molar-refractivity contribution in [2.24, 2.45) is 11.5 Å². The third-order valence-electron chi connectivity index (χ3n) is 3.10. The predicted octanol–water partition coefficient (Wildman–Crippen LogP) is 0.701. The minimum absolute atomic E-state index is 0.194. The number of benzene rings is 1. The van der Waals surface area contributed by atoms with Crippen LogP contribution in [-0.2, 0) is 11.3 Å². The van der Waals surface area contributed by atoms with E-state index in [1.165, 1.54) is 0 Å². The number of hydrogen-bond donors (Lipinski definition) is 2. The van der Waals surface area contributed by atoms with Gasteiger partial charge >= 0.3 is 0 Å². The summed E-state index contributed by atoms with van der Waals surface area (Å²) >= 11 is 0. The number of primary amides is 1. The predicted molar refractivity (Wildman–Crippen MR) is 83.7 cm³/mol. The summed E-state index contributed by atoms with van der Waals surface area (Å²) in [6.07, 6.45) is 0. The van der Waals surface area contributed by atoms with Gasteiger partial charge in [-0.05, 0) is 37.6 Å². The molecule has 21 heavy (non-hydrogen) atoms. The number of nitrogens with two attached hydrogens (primary N) is 2. The maximum atomic E-state index is 11.2. The Hall–Kier alpha value is -2.03. The second-order valence-corrected chi connectivity index (χ2v) is 4.99. The van der Waals surface area contributed by atoms with E-state index in [1.54, 1.807) is 7.11 Å². The van der Waals surface area contributed by atoms with Crippen LogP contribution in [0.4, 0.5) is 0 Å². The van der Waals surface area contributed by atoms with Crippen LogP contribution in [-0.4, -0.2) is 37.0 Å². The van der Waals surface area contributed by atoms with Crippen LogP contribution < -0.4 is 16.2 Å². The Bertz CT molecular complexity index is 544. The molecule has 1 rings (SSSR count). The lowest BCUT2D eigenvalue weighted by Gasteiger charge is -2.25. The maximum Gasteiger partial charge on any atom is 0.231 e. The van der Waals surface area contributed by atoms with Gasteiger partial charge < -0.3 is 16.2 Å². The number of methoxy groups -OCH3 is 1. The van der Waals surface area contributed by atoms with Gasteiger partial charge in [-0.15, -0.1) is 0 Å². The van der Waals surface area contributed by atoms with Crippen LogP contribution in [0.25, 0.3) is 0 Å². The zero-order valence-corrected chi connectivity index (χ0v) is 12.8. The lowest BCUT2D eigenvalue weighted by molar-refractivity contribution is -0.119. The molecule has 0 unspecified atom stereocenters. The van der Waals surface area contributed by atoms with Crippen LogP contribution in [0.3, 0.4) is 0 Å². The first-order valence-corrected chi connectivity index (χ1v) is 6.86. The summed E-state index contributed by atoms with van der Waals surface area (Å²) in [5.74, 6) is 6.31. The van der Waals surface area contributed by atoms with Crippen LogP contribution in [0, 0.1) is 11.8 Å². The van der Waals surface area contributed by atoms with Gasteiger partial charge in [-0.3, -0.25) is 9.69 Å². The number of hydrogen-bond acceptors (Lipinski definition) is 4. The van der Waals surface area contributed by atoms with E-state index in [9.17, 15) is 4.79 Å². The fourth-order valence-electron chi connectivity index (χ4n) is 1.94. The van der Waals surface area contributed by atoms with Gasteiger partial charge in [0.05, 0.1) is 20.2 Å². The SMILES string of the molecule is COc1ccc(C#CCN)c(CN(CC(N)=O)C(C)C)c1. The second-order valence-electron chi connectivity index (χ2n) is 4.99. The van der Waals surface area contributed by atoms with E-state index in [4.69, 9.17) is 16.2 Å². The summed E-state index contributed by atoms with van der Waals surface area (Å²) in [5, 5.41) is 0. The number of carbonyl (C=O) groups is 1. The van der Waals surface area contributed by atoms with E-state index in [2.05, 4.69) is 11.8 Å². The first kappa shape index (κ1) is 17.0. The van der Waals surface area contributed by atoms with E-state index in [1.807, 2.05) is 36.9 Å². The van der Waals surface area contributed by atoms with Crippen LogP contribution in [0.15, 0.2) is 18.2 Å². The molecule has 5 heteroatoms. The number of rotatable bonds is 6. The highest BCUT2D eigenvalue weighted by atomic mass is 16.5. The van der Waals surface area contributed by atoms with E-state index in [0.29, 0.717) is 13.1 Å². The molecule has 1 aromatic rings. The van der Waals surface area contributed by atoms with Gasteiger partial charge in [0.25, 0.3) is 0 Å². The third kappa shape index (κ3) is 5.46. The Labute approximate surface area is 126 Å². The van der Waals surface area contributed by atoms with Crippen LogP contribution >= 0.6 is 0 Å². The third-order valence-corrected chi connectivity index (χ3v) is 3.10. The molecule has 0 fully saturated rings. The molecule has 5 nitrogen and oxygen atoms in total. The molecule has 0 aromatic heterocycles. The Morgan fingerprint density at radius 1 is 1.43 bits per heavy atom. The standard InChI is InChI=1S/C16H23N3O2/c1-12(2)19(11-16(18)20)10-14-9-15(21-3)7-6-13(14)5-4-8-17/h6-7,9,12H,8,10-11,17H2,1-3H3,(H2,18,20). The largest absolute Gasteiger partial charge is 0.497 e. The molecule has 0 heterocycles. The van der Waals surface area contributed by atoms with E-state index < -0.39 is 0 Å². The lowest BCUT2D eigenvalue weighted by Crippen LogP contribution is -2.38. The minimum Gasteiger partial charge on any atom is -0.497 e. The number of amides is 1. The molecule has 0 aliphatic heterocycles. The highest BCUT2D eigenvalue weighted by molar-refractivity contribution is 5.76. The highest BCUT2D eigenvalue weighted by Crippen LogP contribution is 2.19. The molecule has 114 valence electrons. The molecule has 0 saturated carbocycles. The van der Waals surface area contributed by atoms with Crippen LogP contribution in [0.2, 0.25) is 0 Å². The molecular weight excluding hydrogens is 266 g/mol. The lowest BCUT2D eigenvalue weighted by atomic mass is 10.1. The Kier molecular flexibility index (Phi) is 6.73. The van der Waals surface area contributed by atoms with Crippen molar-refractivity contribution in [3.8, 4) is 17.6 Å². The molecule has 0 bridgehead atoms. The van der Waals surface area contributed by atoms with Crippen LogP contribution in [0.1, 0.15) is 25.0 Å². The summed E-state index contributed by atoms with van der Waals surface area (Å²) < 4.78 is 5.25. The molecular formula is C16H23N3O2. The Morgan fingerprint density at radius 2 is 2.14 bits per heavy atom. The van der Waals surface area contributed by atoms with E-state index in [-0.39, 0.29) is 18.5 Å².